The molecule has 3 heterocycles. The van der Waals surface area contributed by atoms with Gasteiger partial charge < -0.3 is 14.6 Å². The van der Waals surface area contributed by atoms with Gasteiger partial charge in [-0.2, -0.15) is 0 Å². The van der Waals surface area contributed by atoms with Gasteiger partial charge in [0.2, 0.25) is 0 Å². The van der Waals surface area contributed by atoms with Crippen LogP contribution < -0.4 is 0 Å². The van der Waals surface area contributed by atoms with E-state index in [4.69, 9.17) is 15.0 Å². The van der Waals surface area contributed by atoms with E-state index in [0.717, 1.165) is 68.7 Å². The van der Waals surface area contributed by atoms with Crippen LogP contribution in [-0.2, 0) is 17.8 Å². The first-order valence-electron chi connectivity index (χ1n) is 16.0. The van der Waals surface area contributed by atoms with Crippen molar-refractivity contribution >= 4 is 33.9 Å². The standard InChI is InChI=1S/C38H33N5O3/c44-37(42-23-28-12-8-7-11-25(28)21-35(42)38(45)46)27-16-18-34-32(20-27)41-36(43(34)29-13-5-2-6-14-29)26-15-17-30-31(19-26)39-22-33(40-30)24-9-3-1-4-10-24/h1,3-4,7-12,15-20,22,29,35H,2,5-6,13-14,21,23H2,(H,45,46). The summed E-state index contributed by atoms with van der Waals surface area (Å²) in [5.74, 6) is -0.450. The number of hydrogen-bond acceptors (Lipinski definition) is 5. The molecule has 1 amide bonds. The maximum atomic E-state index is 13.9. The lowest BCUT2D eigenvalue weighted by atomic mass is 9.93. The number of carboxylic acid groups (broad SMARTS) is 1. The Morgan fingerprint density at radius 3 is 2.33 bits per heavy atom. The quantitative estimate of drug-likeness (QED) is 0.218. The summed E-state index contributed by atoms with van der Waals surface area (Å²) in [5.41, 5.74) is 8.50. The van der Waals surface area contributed by atoms with Gasteiger partial charge in [0.1, 0.15) is 11.9 Å². The number of aromatic nitrogens is 4. The second kappa shape index (κ2) is 11.5. The van der Waals surface area contributed by atoms with E-state index in [2.05, 4.69) is 10.6 Å². The summed E-state index contributed by atoms with van der Waals surface area (Å²) in [7, 11) is 0. The Hall–Kier alpha value is -5.37. The highest BCUT2D eigenvalue weighted by Crippen LogP contribution is 2.37. The van der Waals surface area contributed by atoms with E-state index in [-0.39, 0.29) is 18.9 Å². The van der Waals surface area contributed by atoms with Gasteiger partial charge in [0.15, 0.2) is 0 Å². The number of rotatable bonds is 5. The summed E-state index contributed by atoms with van der Waals surface area (Å²) in [6.07, 6.45) is 7.80. The van der Waals surface area contributed by atoms with Crippen LogP contribution in [0.25, 0.3) is 44.7 Å². The average Bonchev–Trinajstić information content (AvgIpc) is 3.50. The SMILES string of the molecule is O=C(O)C1Cc2ccccc2CN1C(=O)c1ccc2c(c1)nc(-c1ccc3nc(-c4ccccc4)cnc3c1)n2C1CCCCC1. The van der Waals surface area contributed by atoms with Crippen LogP contribution in [0.4, 0.5) is 0 Å². The summed E-state index contributed by atoms with van der Waals surface area (Å²) in [4.78, 5) is 42.4. The molecule has 2 aliphatic rings. The van der Waals surface area contributed by atoms with Crippen molar-refractivity contribution in [1.29, 1.82) is 0 Å². The van der Waals surface area contributed by atoms with E-state index in [9.17, 15) is 14.7 Å². The van der Waals surface area contributed by atoms with Gasteiger partial charge in [0.25, 0.3) is 5.91 Å². The molecule has 2 aromatic heterocycles. The van der Waals surface area contributed by atoms with Crippen molar-refractivity contribution in [2.45, 2.75) is 57.2 Å². The highest BCUT2D eigenvalue weighted by molar-refractivity contribution is 6.00. The predicted molar refractivity (Wildman–Crippen MR) is 177 cm³/mol. The lowest BCUT2D eigenvalue weighted by molar-refractivity contribution is -0.142. The fourth-order valence-electron chi connectivity index (χ4n) is 7.16. The number of hydrogen-bond donors (Lipinski definition) is 1. The third-order valence-corrected chi connectivity index (χ3v) is 9.54. The van der Waals surface area contributed by atoms with Crippen LogP contribution >= 0.6 is 0 Å². The number of carboxylic acids is 1. The average molecular weight is 608 g/mol. The van der Waals surface area contributed by atoms with Crippen LogP contribution in [0.5, 0.6) is 0 Å². The Kier molecular flexibility index (Phi) is 7.05. The van der Waals surface area contributed by atoms with E-state index >= 15 is 0 Å². The van der Waals surface area contributed by atoms with Gasteiger partial charge in [-0.1, -0.05) is 73.9 Å². The molecule has 1 atom stereocenters. The van der Waals surface area contributed by atoms with Crippen LogP contribution in [0.1, 0.15) is 59.6 Å². The zero-order chi connectivity index (χ0) is 31.2. The number of amides is 1. The fourth-order valence-corrected chi connectivity index (χ4v) is 7.16. The number of fused-ring (bicyclic) bond motifs is 3. The van der Waals surface area contributed by atoms with Gasteiger partial charge in [-0.05, 0) is 60.4 Å². The zero-order valence-electron chi connectivity index (χ0n) is 25.3. The first-order valence-corrected chi connectivity index (χ1v) is 16.0. The van der Waals surface area contributed by atoms with Gasteiger partial charge in [-0.15, -0.1) is 0 Å². The molecule has 8 rings (SSSR count). The van der Waals surface area contributed by atoms with Crippen molar-refractivity contribution in [2.75, 3.05) is 0 Å². The Labute approximate surface area is 266 Å². The summed E-state index contributed by atoms with van der Waals surface area (Å²) in [5, 5.41) is 10.0. The van der Waals surface area contributed by atoms with Gasteiger partial charge >= 0.3 is 5.97 Å². The minimum absolute atomic E-state index is 0.260. The number of nitrogens with zero attached hydrogens (tertiary/aromatic N) is 5. The molecule has 1 aliphatic carbocycles. The van der Waals surface area contributed by atoms with Crippen molar-refractivity contribution in [3.63, 3.8) is 0 Å². The third kappa shape index (κ3) is 5.00. The third-order valence-electron chi connectivity index (χ3n) is 9.54. The lowest BCUT2D eigenvalue weighted by Crippen LogP contribution is -2.48. The largest absolute Gasteiger partial charge is 0.480 e. The highest BCUT2D eigenvalue weighted by atomic mass is 16.4. The number of carbonyl (C=O) groups excluding carboxylic acids is 1. The fraction of sp³-hybridized carbons (Fsp3) is 0.237. The van der Waals surface area contributed by atoms with Gasteiger partial charge in [0.05, 0.1) is 34.0 Å². The van der Waals surface area contributed by atoms with Crippen LogP contribution in [0, 0.1) is 0 Å². The van der Waals surface area contributed by atoms with E-state index in [0.29, 0.717) is 11.6 Å². The molecule has 0 saturated heterocycles. The van der Waals surface area contributed by atoms with Crippen LogP contribution in [0.15, 0.2) is 97.2 Å². The first-order chi connectivity index (χ1) is 22.5. The zero-order valence-corrected chi connectivity index (χ0v) is 25.3. The molecule has 0 radical (unpaired) electrons. The molecule has 4 aromatic carbocycles. The summed E-state index contributed by atoms with van der Waals surface area (Å²) in [6, 6.07) is 28.9. The van der Waals surface area contributed by atoms with E-state index in [1.807, 2.05) is 91.1 Å². The number of aliphatic carboxylic acids is 1. The topological polar surface area (TPSA) is 101 Å². The highest BCUT2D eigenvalue weighted by Gasteiger charge is 2.35. The molecule has 1 aliphatic heterocycles. The summed E-state index contributed by atoms with van der Waals surface area (Å²) in [6.45, 7) is 0.260. The first kappa shape index (κ1) is 28.1. The normalized spacial score (nSPS) is 16.9. The van der Waals surface area contributed by atoms with Crippen molar-refractivity contribution in [3.8, 4) is 22.6 Å². The second-order valence-corrected chi connectivity index (χ2v) is 12.4. The maximum absolute atomic E-state index is 13.9. The molecule has 8 heteroatoms. The van der Waals surface area contributed by atoms with E-state index in [1.54, 1.807) is 0 Å². The molecule has 46 heavy (non-hydrogen) atoms. The van der Waals surface area contributed by atoms with E-state index < -0.39 is 12.0 Å². The minimum Gasteiger partial charge on any atom is -0.480 e. The smallest absolute Gasteiger partial charge is 0.326 e. The molecule has 0 spiro atoms. The van der Waals surface area contributed by atoms with E-state index in [1.165, 1.54) is 24.2 Å². The van der Waals surface area contributed by atoms with Crippen LogP contribution in [-0.4, -0.2) is 47.4 Å². The number of carbonyl (C=O) groups is 2. The molecular weight excluding hydrogens is 574 g/mol. The minimum atomic E-state index is -0.997. The van der Waals surface area contributed by atoms with Gasteiger partial charge in [0, 0.05) is 35.7 Å². The summed E-state index contributed by atoms with van der Waals surface area (Å²) >= 11 is 0. The Balaban J connectivity index is 1.19. The van der Waals surface area contributed by atoms with Crippen LogP contribution in [0.2, 0.25) is 0 Å². The Morgan fingerprint density at radius 1 is 0.739 bits per heavy atom. The van der Waals surface area contributed by atoms with Crippen LogP contribution in [0.3, 0.4) is 0 Å². The molecule has 1 unspecified atom stereocenters. The van der Waals surface area contributed by atoms with Crippen molar-refractivity contribution < 1.29 is 14.7 Å². The second-order valence-electron chi connectivity index (χ2n) is 12.4. The molecule has 1 saturated carbocycles. The predicted octanol–water partition coefficient (Wildman–Crippen LogP) is 7.47. The Bertz CT molecular complexity index is 2120. The molecule has 228 valence electrons. The summed E-state index contributed by atoms with van der Waals surface area (Å²) < 4.78 is 2.34. The van der Waals surface area contributed by atoms with Crippen molar-refractivity contribution in [2.24, 2.45) is 0 Å². The van der Waals surface area contributed by atoms with Crippen molar-refractivity contribution in [1.82, 2.24) is 24.4 Å². The van der Waals surface area contributed by atoms with Gasteiger partial charge in [-0.3, -0.25) is 9.78 Å². The molecular formula is C38H33N5O3. The molecule has 1 fully saturated rings. The molecule has 1 N–H and O–H groups in total. The lowest BCUT2D eigenvalue weighted by Gasteiger charge is -2.34. The molecule has 8 nitrogen and oxygen atoms in total. The monoisotopic (exact) mass is 607 g/mol. The number of benzene rings is 4. The van der Waals surface area contributed by atoms with Crippen molar-refractivity contribution in [3.05, 3.63) is 114 Å². The maximum Gasteiger partial charge on any atom is 0.326 e. The molecule has 0 bridgehead atoms. The Morgan fingerprint density at radius 2 is 1.52 bits per heavy atom. The molecule has 6 aromatic rings. The number of imidazole rings is 1. The van der Waals surface area contributed by atoms with Gasteiger partial charge in [-0.25, -0.2) is 14.8 Å².